The standard InChI is InChI=1S/C20H20F2N2O4.C19H17F2N3O2/c1-12(23-11-13-3-5-15(6-4-13)20(27)28-2)19(26)24-18(25)9-14-7-16(21)10-17(22)8-14;1-12(23-17(11-22)14-5-3-2-4-6-14)19(26)24-18(25)9-13-7-15(20)10-16(21)8-13/h3-8,10,12,23H,9,11H2,1-2H3,(H,24,25,26);2-8,10,12,17,23H,9H2,1H3,(H,24,25,26)/t12-;12-,17?/m00/s1. The summed E-state index contributed by atoms with van der Waals surface area (Å²) in [5.74, 6) is -6.17. The van der Waals surface area contributed by atoms with Crippen LogP contribution in [0.25, 0.3) is 0 Å². The number of nitriles is 1. The molecule has 4 amide bonds. The lowest BCUT2D eigenvalue weighted by molar-refractivity contribution is -0.132. The maximum atomic E-state index is 13.1. The van der Waals surface area contributed by atoms with Gasteiger partial charge in [0.25, 0.3) is 0 Å². The number of halogens is 4. The van der Waals surface area contributed by atoms with E-state index in [1.54, 1.807) is 55.5 Å². The van der Waals surface area contributed by atoms with Gasteiger partial charge in [-0.25, -0.2) is 22.4 Å². The van der Waals surface area contributed by atoms with Crippen molar-refractivity contribution in [2.24, 2.45) is 0 Å². The molecule has 0 bridgehead atoms. The normalized spacial score (nSPS) is 12.1. The van der Waals surface area contributed by atoms with E-state index in [4.69, 9.17) is 0 Å². The van der Waals surface area contributed by atoms with Gasteiger partial charge in [0.2, 0.25) is 23.6 Å². The largest absolute Gasteiger partial charge is 0.465 e. The quantitative estimate of drug-likeness (QED) is 0.114. The molecule has 0 aromatic heterocycles. The van der Waals surface area contributed by atoms with Gasteiger partial charge in [0.1, 0.15) is 29.3 Å². The summed E-state index contributed by atoms with van der Waals surface area (Å²) in [5, 5.41) is 19.4. The van der Waals surface area contributed by atoms with Crippen LogP contribution in [0.4, 0.5) is 17.6 Å². The van der Waals surface area contributed by atoms with Gasteiger partial charge in [0, 0.05) is 18.7 Å². The molecule has 54 heavy (non-hydrogen) atoms. The van der Waals surface area contributed by atoms with E-state index in [0.717, 1.165) is 29.8 Å². The monoisotopic (exact) mass is 747 g/mol. The predicted octanol–water partition coefficient (Wildman–Crippen LogP) is 4.51. The molecule has 15 heteroatoms. The molecule has 4 rings (SSSR count). The highest BCUT2D eigenvalue weighted by Gasteiger charge is 2.21. The number of carbonyl (C=O) groups excluding carboxylic acids is 5. The van der Waals surface area contributed by atoms with Crippen LogP contribution in [-0.2, 0) is 43.3 Å². The Morgan fingerprint density at radius 2 is 1.13 bits per heavy atom. The van der Waals surface area contributed by atoms with Crippen LogP contribution in [0.3, 0.4) is 0 Å². The zero-order chi connectivity index (χ0) is 39.8. The van der Waals surface area contributed by atoms with E-state index in [1.807, 2.05) is 6.07 Å². The number of hydrogen-bond donors (Lipinski definition) is 4. The van der Waals surface area contributed by atoms with E-state index in [-0.39, 0.29) is 24.0 Å². The topological polar surface area (TPSA) is 166 Å². The summed E-state index contributed by atoms with van der Waals surface area (Å²) in [7, 11) is 1.30. The summed E-state index contributed by atoms with van der Waals surface area (Å²) in [4.78, 5) is 59.4. The predicted molar refractivity (Wildman–Crippen MR) is 188 cm³/mol. The lowest BCUT2D eigenvalue weighted by atomic mass is 10.1. The Hall–Kier alpha value is -6.24. The van der Waals surface area contributed by atoms with E-state index in [9.17, 15) is 46.8 Å². The number of ether oxygens (including phenoxy) is 1. The highest BCUT2D eigenvalue weighted by atomic mass is 19.1. The number of methoxy groups -OCH3 is 1. The average Bonchev–Trinajstić information content (AvgIpc) is 3.12. The fourth-order valence-corrected chi connectivity index (χ4v) is 4.80. The van der Waals surface area contributed by atoms with E-state index in [0.29, 0.717) is 29.8 Å². The SMILES string of the molecule is COC(=O)c1ccc(CN[C@@H](C)C(=O)NC(=O)Cc2cc(F)cc(F)c2)cc1.C[C@H](NC(C#N)c1ccccc1)C(=O)NC(=O)Cc1cc(F)cc(F)c1. The minimum absolute atomic E-state index is 0.118. The summed E-state index contributed by atoms with van der Waals surface area (Å²) in [6.07, 6.45) is -0.657. The molecule has 0 radical (unpaired) electrons. The van der Waals surface area contributed by atoms with Gasteiger partial charge in [-0.3, -0.25) is 35.1 Å². The number of hydrogen-bond acceptors (Lipinski definition) is 9. The van der Waals surface area contributed by atoms with Crippen LogP contribution >= 0.6 is 0 Å². The maximum Gasteiger partial charge on any atom is 0.337 e. The zero-order valence-electron chi connectivity index (χ0n) is 29.4. The van der Waals surface area contributed by atoms with Gasteiger partial charge in [-0.1, -0.05) is 42.5 Å². The molecule has 0 spiro atoms. The van der Waals surface area contributed by atoms with Crippen molar-refractivity contribution in [2.75, 3.05) is 7.11 Å². The van der Waals surface area contributed by atoms with Gasteiger partial charge < -0.3 is 10.1 Å². The second kappa shape index (κ2) is 20.7. The average molecular weight is 748 g/mol. The number of amides is 4. The van der Waals surface area contributed by atoms with Crippen LogP contribution in [0.1, 0.15) is 52.5 Å². The highest BCUT2D eigenvalue weighted by Crippen LogP contribution is 2.13. The van der Waals surface area contributed by atoms with Crippen LogP contribution < -0.4 is 21.3 Å². The molecule has 0 aliphatic carbocycles. The maximum absolute atomic E-state index is 13.1. The smallest absolute Gasteiger partial charge is 0.337 e. The molecule has 0 aliphatic heterocycles. The molecule has 0 saturated carbocycles. The van der Waals surface area contributed by atoms with Gasteiger partial charge in [-0.05, 0) is 72.5 Å². The number of esters is 1. The molecular formula is C39H37F4N5O6. The summed E-state index contributed by atoms with van der Waals surface area (Å²) < 4.78 is 57.2. The molecule has 4 aromatic rings. The first-order valence-corrected chi connectivity index (χ1v) is 16.4. The first-order chi connectivity index (χ1) is 25.7. The third kappa shape index (κ3) is 14.1. The Kier molecular flexibility index (Phi) is 16.2. The van der Waals surface area contributed by atoms with Crippen molar-refractivity contribution in [1.29, 1.82) is 5.26 Å². The molecular weight excluding hydrogens is 710 g/mol. The first-order valence-electron chi connectivity index (χ1n) is 16.4. The number of nitrogens with zero attached hydrogens (tertiary/aromatic N) is 1. The Morgan fingerprint density at radius 3 is 1.57 bits per heavy atom. The fraction of sp³-hybridized carbons (Fsp3) is 0.231. The Morgan fingerprint density at radius 1 is 0.667 bits per heavy atom. The third-order valence-electron chi connectivity index (χ3n) is 7.55. The summed E-state index contributed by atoms with van der Waals surface area (Å²) >= 11 is 0. The molecule has 0 heterocycles. The molecule has 0 aliphatic rings. The van der Waals surface area contributed by atoms with E-state index >= 15 is 0 Å². The Bertz CT molecular complexity index is 1950. The van der Waals surface area contributed by atoms with Gasteiger partial charge in [0.15, 0.2) is 0 Å². The lowest BCUT2D eigenvalue weighted by Gasteiger charge is -2.17. The number of nitrogens with one attached hydrogen (secondary N) is 4. The highest BCUT2D eigenvalue weighted by molar-refractivity contribution is 5.99. The Balaban J connectivity index is 0.000000291. The van der Waals surface area contributed by atoms with E-state index in [1.165, 1.54) is 14.0 Å². The minimum atomic E-state index is -0.826. The molecule has 0 fully saturated rings. The van der Waals surface area contributed by atoms with Crippen LogP contribution in [0.2, 0.25) is 0 Å². The van der Waals surface area contributed by atoms with E-state index in [2.05, 4.69) is 32.1 Å². The van der Waals surface area contributed by atoms with Crippen molar-refractivity contribution >= 4 is 29.6 Å². The van der Waals surface area contributed by atoms with E-state index < -0.39 is 71.0 Å². The summed E-state index contributed by atoms with van der Waals surface area (Å²) in [6.45, 7) is 3.42. The molecule has 11 nitrogen and oxygen atoms in total. The van der Waals surface area contributed by atoms with Crippen LogP contribution in [0, 0.1) is 34.6 Å². The first kappa shape index (κ1) is 42.2. The molecule has 282 valence electrons. The van der Waals surface area contributed by atoms with Crippen LogP contribution in [0.15, 0.2) is 91.0 Å². The molecule has 0 saturated heterocycles. The number of rotatable bonds is 13. The summed E-state index contributed by atoms with van der Waals surface area (Å²) in [5.41, 5.74) is 2.18. The minimum Gasteiger partial charge on any atom is -0.465 e. The van der Waals surface area contributed by atoms with Crippen molar-refractivity contribution in [1.82, 2.24) is 21.3 Å². The number of carbonyl (C=O) groups is 5. The molecule has 4 aromatic carbocycles. The van der Waals surface area contributed by atoms with Crippen molar-refractivity contribution in [3.63, 3.8) is 0 Å². The second-order valence-corrected chi connectivity index (χ2v) is 11.9. The van der Waals surface area contributed by atoms with Crippen molar-refractivity contribution in [3.05, 3.63) is 142 Å². The lowest BCUT2D eigenvalue weighted by Crippen LogP contribution is -2.46. The van der Waals surface area contributed by atoms with Crippen molar-refractivity contribution < 1.29 is 46.3 Å². The molecule has 1 unspecified atom stereocenters. The van der Waals surface area contributed by atoms with Crippen molar-refractivity contribution in [3.8, 4) is 6.07 Å². The van der Waals surface area contributed by atoms with Crippen LogP contribution in [-0.4, -0.2) is 48.8 Å². The third-order valence-corrected chi connectivity index (χ3v) is 7.55. The van der Waals surface area contributed by atoms with Gasteiger partial charge in [-0.2, -0.15) is 5.26 Å². The second-order valence-electron chi connectivity index (χ2n) is 11.9. The number of imide groups is 2. The number of benzene rings is 4. The van der Waals surface area contributed by atoms with Gasteiger partial charge in [0.05, 0.1) is 43.7 Å². The van der Waals surface area contributed by atoms with Gasteiger partial charge in [-0.15, -0.1) is 0 Å². The Labute approximate surface area is 308 Å². The summed E-state index contributed by atoms with van der Waals surface area (Å²) in [6, 6.07) is 20.8. The molecule has 4 N–H and O–H groups in total. The van der Waals surface area contributed by atoms with Crippen molar-refractivity contribution in [2.45, 2.75) is 51.4 Å². The van der Waals surface area contributed by atoms with Crippen LogP contribution in [0.5, 0.6) is 0 Å². The molecule has 3 atom stereocenters. The fourth-order valence-electron chi connectivity index (χ4n) is 4.80. The zero-order valence-corrected chi connectivity index (χ0v) is 29.4. The van der Waals surface area contributed by atoms with Gasteiger partial charge >= 0.3 is 5.97 Å².